The van der Waals surface area contributed by atoms with E-state index in [0.29, 0.717) is 11.4 Å². The molecule has 0 saturated carbocycles. The van der Waals surface area contributed by atoms with Crippen LogP contribution in [0.3, 0.4) is 0 Å². The molecule has 0 fully saturated rings. The molecule has 0 N–H and O–H groups in total. The molecular weight excluding hydrogens is 1050 g/mol. The minimum Gasteiger partial charge on any atom is -0.501 e. The normalized spacial score (nSPS) is 12.6. The van der Waals surface area contributed by atoms with Gasteiger partial charge in [-0.2, -0.15) is 0 Å². The summed E-state index contributed by atoms with van der Waals surface area (Å²) in [5.74, 6) is -1.62. The molecule has 3 aromatic heterocycles. The van der Waals surface area contributed by atoms with Crippen LogP contribution in [-0.4, -0.2) is 30.7 Å². The van der Waals surface area contributed by atoms with Gasteiger partial charge >= 0.3 is 0 Å². The van der Waals surface area contributed by atoms with Crippen LogP contribution in [0.15, 0.2) is 162 Å². The molecule has 4 nitrogen and oxygen atoms in total. The predicted molar refractivity (Wildman–Crippen MR) is 286 cm³/mol. The van der Waals surface area contributed by atoms with Gasteiger partial charge in [-0.05, 0) is 86.4 Å². The molecule has 68 heavy (non-hydrogen) atoms. The van der Waals surface area contributed by atoms with E-state index in [2.05, 4.69) is 146 Å². The zero-order chi connectivity index (χ0) is 49.0. The van der Waals surface area contributed by atoms with Gasteiger partial charge in [-0.25, -0.2) is 0 Å². The Kier molecular flexibility index (Phi) is 13.1. The maximum atomic E-state index is 12.8. The molecule has 7 aromatic carbocycles. The number of hydrogen-bond donors (Lipinski definition) is 0. The number of hydrogen-bond acceptors (Lipinski definition) is 3. The Hall–Kier alpha value is -6.03. The van der Waals surface area contributed by atoms with Crippen molar-refractivity contribution in [1.29, 1.82) is 0 Å². The number of pyridine rings is 1. The second kappa shape index (κ2) is 19.5. The first-order valence-electron chi connectivity index (χ1n) is 24.0. The minimum absolute atomic E-state index is 0. The standard InChI is InChI=1S/C46H43N2OSi.C14H15FNSi.Ir/c1-29(2)39-26-34(32-20-23-35(24-21-32)50(5,6)7)27-40(30(3)4)44(39)48-42-19-12-11-18-41(42)47-46(48)38-17-13-16-37-36-25-22-33(28-43(36)49-45(37)38)31-14-9-8-10-15-31;1-17(2,3)13-8-9-14(16-10-13)11-4-6-12(15)7-5-11;/h8-16,18-30H,1-7H3;4,6-10H,1-3H3;/q2*-1;/i29D,30D;;. The first kappa shape index (κ1) is 45.7. The molecule has 0 bridgehead atoms. The SMILES string of the molecule is C[Si](C)(C)c1ccc(-c2[c-]cc(F)cc2)nc1.[2H]C(C)(C)c1cc(-c2ccc([Si](C)(C)C)cc2)cc(C([2H])(C)C)c1-n1c(-c2[c-]ccc3c2oc2cc(-c4ccccc4)ccc23)nc2ccccc21.[Ir]. The molecule has 10 rings (SSSR count). The van der Waals surface area contributed by atoms with E-state index in [-0.39, 0.29) is 25.9 Å². The summed E-state index contributed by atoms with van der Waals surface area (Å²) in [5.41, 5.74) is 12.4. The molecule has 0 aliphatic heterocycles. The number of benzene rings is 7. The average Bonchev–Trinajstić information content (AvgIpc) is 3.89. The maximum Gasteiger partial charge on any atom is 0.121 e. The number of nitrogens with zero attached hydrogens (tertiary/aromatic N) is 3. The van der Waals surface area contributed by atoms with Gasteiger partial charge in [0, 0.05) is 45.9 Å². The predicted octanol–water partition coefficient (Wildman–Crippen LogP) is 15.7. The van der Waals surface area contributed by atoms with E-state index in [4.69, 9.17) is 9.40 Å². The van der Waals surface area contributed by atoms with E-state index in [1.165, 1.54) is 22.5 Å². The van der Waals surface area contributed by atoms with Gasteiger partial charge in [-0.3, -0.25) is 9.37 Å². The molecule has 0 aliphatic rings. The fraction of sp³-hybridized carbons (Fsp3) is 0.200. The van der Waals surface area contributed by atoms with Crippen LogP contribution in [-0.2, 0) is 20.1 Å². The average molecular weight is 1110 g/mol. The number of imidazole rings is 1. The number of furan rings is 1. The van der Waals surface area contributed by atoms with Crippen molar-refractivity contribution in [3.63, 3.8) is 0 Å². The van der Waals surface area contributed by atoms with Gasteiger partial charge in [0.15, 0.2) is 0 Å². The largest absolute Gasteiger partial charge is 0.501 e. The molecule has 0 unspecified atom stereocenters. The molecule has 10 aromatic rings. The minimum atomic E-state index is -1.48. The summed E-state index contributed by atoms with van der Waals surface area (Å²) in [4.78, 5) is 9.68. The number of fused-ring (bicyclic) bond motifs is 4. The van der Waals surface area contributed by atoms with E-state index in [1.54, 1.807) is 6.07 Å². The van der Waals surface area contributed by atoms with E-state index >= 15 is 0 Å². The Bertz CT molecular complexity index is 3440. The van der Waals surface area contributed by atoms with Crippen molar-refractivity contribution in [1.82, 2.24) is 14.5 Å². The molecule has 1 radical (unpaired) electrons. The smallest absolute Gasteiger partial charge is 0.121 e. The van der Waals surface area contributed by atoms with Gasteiger partial charge < -0.3 is 14.0 Å². The Balaban J connectivity index is 0.000000309. The molecular formula is C60H58FIrN3OSi2-2. The van der Waals surface area contributed by atoms with Crippen molar-refractivity contribution in [2.24, 2.45) is 0 Å². The van der Waals surface area contributed by atoms with Crippen LogP contribution in [0.4, 0.5) is 4.39 Å². The Morgan fingerprint density at radius 2 is 1.26 bits per heavy atom. The fourth-order valence-corrected chi connectivity index (χ4v) is 10.9. The van der Waals surface area contributed by atoms with Gasteiger partial charge in [-0.1, -0.05) is 174 Å². The van der Waals surface area contributed by atoms with Crippen molar-refractivity contribution in [3.8, 4) is 50.6 Å². The number of halogens is 1. The molecule has 8 heteroatoms. The molecule has 3 heterocycles. The summed E-state index contributed by atoms with van der Waals surface area (Å²) in [7, 11) is -2.78. The topological polar surface area (TPSA) is 43.9 Å². The second-order valence-corrected chi connectivity index (χ2v) is 30.0. The summed E-state index contributed by atoms with van der Waals surface area (Å²) in [5, 5.41) is 4.74. The Morgan fingerprint density at radius 3 is 1.88 bits per heavy atom. The van der Waals surface area contributed by atoms with Gasteiger partial charge in [-0.15, -0.1) is 48.0 Å². The van der Waals surface area contributed by atoms with Crippen molar-refractivity contribution in [3.05, 3.63) is 187 Å². The summed E-state index contributed by atoms with van der Waals surface area (Å²) in [6, 6.07) is 57.0. The fourth-order valence-electron chi connectivity index (χ4n) is 8.67. The first-order valence-corrected chi connectivity index (χ1v) is 30.0. The second-order valence-electron chi connectivity index (χ2n) is 19.9. The monoisotopic (exact) mass is 1110 g/mol. The van der Waals surface area contributed by atoms with Crippen molar-refractivity contribution < 1.29 is 31.7 Å². The van der Waals surface area contributed by atoms with E-state index in [0.717, 1.165) is 83.3 Å². The van der Waals surface area contributed by atoms with E-state index < -0.39 is 27.9 Å². The van der Waals surface area contributed by atoms with E-state index in [1.807, 2.05) is 82.4 Å². The zero-order valence-corrected chi connectivity index (χ0v) is 44.9. The van der Waals surface area contributed by atoms with Gasteiger partial charge in [0.25, 0.3) is 0 Å². The van der Waals surface area contributed by atoms with Crippen LogP contribution in [0.5, 0.6) is 0 Å². The molecule has 0 spiro atoms. The van der Waals surface area contributed by atoms with Crippen molar-refractivity contribution in [2.45, 2.75) is 78.8 Å². The summed E-state index contributed by atoms with van der Waals surface area (Å²) < 4.78 is 40.8. The number of para-hydroxylation sites is 2. The van der Waals surface area contributed by atoms with Gasteiger partial charge in [0.1, 0.15) is 5.58 Å². The van der Waals surface area contributed by atoms with Crippen molar-refractivity contribution >= 4 is 59.5 Å². The third-order valence-electron chi connectivity index (χ3n) is 12.5. The third kappa shape index (κ3) is 9.79. The van der Waals surface area contributed by atoms with Gasteiger partial charge in [0.2, 0.25) is 0 Å². The summed E-state index contributed by atoms with van der Waals surface area (Å²) in [6.07, 6.45) is 1.93. The van der Waals surface area contributed by atoms with Crippen LogP contribution >= 0.6 is 0 Å². The molecule has 0 amide bonds. The van der Waals surface area contributed by atoms with Crippen LogP contribution in [0.2, 0.25) is 39.3 Å². The zero-order valence-electron chi connectivity index (χ0n) is 42.5. The first-order chi connectivity index (χ1) is 32.6. The van der Waals surface area contributed by atoms with Crippen molar-refractivity contribution in [2.75, 3.05) is 0 Å². The summed E-state index contributed by atoms with van der Waals surface area (Å²) >= 11 is 0. The third-order valence-corrected chi connectivity index (χ3v) is 16.6. The van der Waals surface area contributed by atoms with Crippen LogP contribution < -0.4 is 10.4 Å². The van der Waals surface area contributed by atoms with Crippen LogP contribution in [0.1, 0.15) is 53.4 Å². The number of aromatic nitrogens is 3. The maximum absolute atomic E-state index is 12.8. The molecule has 0 saturated heterocycles. The summed E-state index contributed by atoms with van der Waals surface area (Å²) in [6.45, 7) is 21.7. The van der Waals surface area contributed by atoms with Crippen LogP contribution in [0, 0.1) is 17.9 Å². The molecule has 0 atom stereocenters. The van der Waals surface area contributed by atoms with Crippen LogP contribution in [0.25, 0.3) is 83.6 Å². The quantitative estimate of drug-likeness (QED) is 0.107. The Morgan fingerprint density at radius 1 is 0.632 bits per heavy atom. The molecule has 345 valence electrons. The van der Waals surface area contributed by atoms with Gasteiger partial charge in [0.05, 0.1) is 38.6 Å². The Labute approximate surface area is 419 Å². The van der Waals surface area contributed by atoms with E-state index in [9.17, 15) is 7.13 Å². The molecule has 0 aliphatic carbocycles. The number of rotatable bonds is 9.